The average molecular weight is 243 g/mol. The number of rotatable bonds is 3. The summed E-state index contributed by atoms with van der Waals surface area (Å²) in [7, 11) is 0. The largest absolute Gasteiger partial charge is 0.396 e. The van der Waals surface area contributed by atoms with Gasteiger partial charge in [0.25, 0.3) is 0 Å². The van der Waals surface area contributed by atoms with Gasteiger partial charge < -0.3 is 5.73 Å². The molecule has 2 heteroatoms. The van der Waals surface area contributed by atoms with E-state index in [9.17, 15) is 4.39 Å². The number of halogens is 1. The van der Waals surface area contributed by atoms with Crippen molar-refractivity contribution in [1.82, 2.24) is 0 Å². The Kier molecular flexibility index (Phi) is 3.66. The predicted octanol–water partition coefficient (Wildman–Crippen LogP) is 4.59. The van der Waals surface area contributed by atoms with Gasteiger partial charge >= 0.3 is 0 Å². The summed E-state index contributed by atoms with van der Waals surface area (Å²) in [6.07, 6.45) is 1.11. The van der Waals surface area contributed by atoms with Crippen molar-refractivity contribution < 1.29 is 4.39 Å². The molecule has 0 bridgehead atoms. The van der Waals surface area contributed by atoms with E-state index in [4.69, 9.17) is 5.73 Å². The molecule has 2 rings (SSSR count). The molecular formula is C16H18FN. The highest BCUT2D eigenvalue weighted by Crippen LogP contribution is 2.29. The Balaban J connectivity index is 2.37. The quantitative estimate of drug-likeness (QED) is 0.784. The molecule has 0 aliphatic carbocycles. The number of nitrogens with two attached hydrogens (primary N) is 1. The Morgan fingerprint density at radius 1 is 1.11 bits per heavy atom. The van der Waals surface area contributed by atoms with Crippen LogP contribution >= 0.6 is 0 Å². The van der Waals surface area contributed by atoms with Gasteiger partial charge in [0, 0.05) is 5.56 Å². The molecule has 0 heterocycles. The third-order valence-corrected chi connectivity index (χ3v) is 3.46. The zero-order valence-corrected chi connectivity index (χ0v) is 10.8. The lowest BCUT2D eigenvalue weighted by Crippen LogP contribution is -1.95. The summed E-state index contributed by atoms with van der Waals surface area (Å²) in [6.45, 7) is 4.37. The van der Waals surface area contributed by atoms with E-state index >= 15 is 0 Å². The number of nitrogen functional groups attached to an aromatic ring is 1. The van der Waals surface area contributed by atoms with Crippen LogP contribution in [-0.4, -0.2) is 0 Å². The van der Waals surface area contributed by atoms with Gasteiger partial charge in [-0.05, 0) is 29.5 Å². The van der Waals surface area contributed by atoms with Crippen molar-refractivity contribution in [2.75, 3.05) is 5.73 Å². The first-order chi connectivity index (χ1) is 8.63. The molecule has 0 amide bonds. The summed E-state index contributed by atoms with van der Waals surface area (Å²) in [5.41, 5.74) is 8.99. The van der Waals surface area contributed by atoms with Crippen LogP contribution in [0.5, 0.6) is 0 Å². The van der Waals surface area contributed by atoms with E-state index in [0.717, 1.165) is 17.5 Å². The topological polar surface area (TPSA) is 26.0 Å². The Morgan fingerprint density at radius 2 is 1.78 bits per heavy atom. The molecule has 0 saturated heterocycles. The van der Waals surface area contributed by atoms with Crippen molar-refractivity contribution in [1.29, 1.82) is 0 Å². The monoisotopic (exact) mass is 243 g/mol. The Morgan fingerprint density at radius 3 is 2.39 bits per heavy atom. The third-order valence-electron chi connectivity index (χ3n) is 3.46. The van der Waals surface area contributed by atoms with Gasteiger partial charge in [-0.3, -0.25) is 0 Å². The molecule has 1 nitrogen and oxygen atoms in total. The SMILES string of the molecule is CCC(C)c1ccc(-c2cccc(F)c2N)cc1. The van der Waals surface area contributed by atoms with Gasteiger partial charge in [0.1, 0.15) is 5.82 Å². The molecule has 0 spiro atoms. The van der Waals surface area contributed by atoms with Crippen LogP contribution in [0.4, 0.5) is 10.1 Å². The van der Waals surface area contributed by atoms with Gasteiger partial charge in [-0.2, -0.15) is 0 Å². The van der Waals surface area contributed by atoms with E-state index in [0.29, 0.717) is 5.92 Å². The minimum atomic E-state index is -0.362. The van der Waals surface area contributed by atoms with Crippen LogP contribution in [0.25, 0.3) is 11.1 Å². The van der Waals surface area contributed by atoms with E-state index in [1.165, 1.54) is 11.6 Å². The predicted molar refractivity (Wildman–Crippen MR) is 75.0 cm³/mol. The molecule has 0 fully saturated rings. The lowest BCUT2D eigenvalue weighted by molar-refractivity contribution is 0.633. The standard InChI is InChI=1S/C16H18FN/c1-3-11(2)12-7-9-13(10-8-12)14-5-4-6-15(17)16(14)18/h4-11H,3,18H2,1-2H3. The van der Waals surface area contributed by atoms with Gasteiger partial charge in [-0.25, -0.2) is 4.39 Å². The molecule has 2 aromatic carbocycles. The summed E-state index contributed by atoms with van der Waals surface area (Å²) >= 11 is 0. The second kappa shape index (κ2) is 5.21. The molecule has 0 saturated carbocycles. The summed E-state index contributed by atoms with van der Waals surface area (Å²) in [5.74, 6) is 0.183. The third kappa shape index (κ3) is 2.37. The Bertz CT molecular complexity index is 531. The van der Waals surface area contributed by atoms with Gasteiger partial charge in [-0.15, -0.1) is 0 Å². The second-order valence-corrected chi connectivity index (χ2v) is 4.63. The van der Waals surface area contributed by atoms with Crippen molar-refractivity contribution in [3.8, 4) is 11.1 Å². The Hall–Kier alpha value is -1.83. The van der Waals surface area contributed by atoms with E-state index in [1.54, 1.807) is 6.07 Å². The molecule has 0 aliphatic rings. The number of para-hydroxylation sites is 1. The summed E-state index contributed by atoms with van der Waals surface area (Å²) in [5, 5.41) is 0. The van der Waals surface area contributed by atoms with Gasteiger partial charge in [0.15, 0.2) is 0 Å². The second-order valence-electron chi connectivity index (χ2n) is 4.63. The first kappa shape index (κ1) is 12.6. The summed E-state index contributed by atoms with van der Waals surface area (Å²) in [6, 6.07) is 13.1. The average Bonchev–Trinajstić information content (AvgIpc) is 2.41. The number of hydrogen-bond acceptors (Lipinski definition) is 1. The molecule has 0 aliphatic heterocycles. The highest BCUT2D eigenvalue weighted by Gasteiger charge is 2.08. The van der Waals surface area contributed by atoms with E-state index in [2.05, 4.69) is 26.0 Å². The molecule has 0 aromatic heterocycles. The minimum Gasteiger partial charge on any atom is -0.396 e. The zero-order chi connectivity index (χ0) is 13.1. The van der Waals surface area contributed by atoms with Crippen LogP contribution in [-0.2, 0) is 0 Å². The number of benzene rings is 2. The normalized spacial score (nSPS) is 12.4. The zero-order valence-electron chi connectivity index (χ0n) is 10.8. The Labute approximate surface area is 107 Å². The molecule has 2 aromatic rings. The highest BCUT2D eigenvalue weighted by molar-refractivity contribution is 5.76. The fourth-order valence-corrected chi connectivity index (χ4v) is 2.02. The molecule has 1 unspecified atom stereocenters. The van der Waals surface area contributed by atoms with Crippen LogP contribution in [0, 0.1) is 5.82 Å². The summed E-state index contributed by atoms with van der Waals surface area (Å²) in [4.78, 5) is 0. The van der Waals surface area contributed by atoms with Crippen molar-refractivity contribution >= 4 is 5.69 Å². The molecule has 18 heavy (non-hydrogen) atoms. The molecule has 0 radical (unpaired) electrons. The fraction of sp³-hybridized carbons (Fsp3) is 0.250. The molecule has 1 atom stereocenters. The number of anilines is 1. The maximum Gasteiger partial charge on any atom is 0.146 e. The van der Waals surface area contributed by atoms with E-state index in [-0.39, 0.29) is 11.5 Å². The van der Waals surface area contributed by atoms with Crippen molar-refractivity contribution in [2.24, 2.45) is 0 Å². The number of hydrogen-bond donors (Lipinski definition) is 1. The smallest absolute Gasteiger partial charge is 0.146 e. The highest BCUT2D eigenvalue weighted by atomic mass is 19.1. The molecule has 94 valence electrons. The first-order valence-corrected chi connectivity index (χ1v) is 6.27. The van der Waals surface area contributed by atoms with Crippen molar-refractivity contribution in [3.63, 3.8) is 0 Å². The van der Waals surface area contributed by atoms with Crippen LogP contribution in [0.2, 0.25) is 0 Å². The fourth-order valence-electron chi connectivity index (χ4n) is 2.02. The van der Waals surface area contributed by atoms with Crippen LogP contribution in [0.1, 0.15) is 31.7 Å². The van der Waals surface area contributed by atoms with Gasteiger partial charge in [-0.1, -0.05) is 50.2 Å². The van der Waals surface area contributed by atoms with Crippen molar-refractivity contribution in [3.05, 3.63) is 53.8 Å². The van der Waals surface area contributed by atoms with E-state index < -0.39 is 0 Å². The maximum absolute atomic E-state index is 13.4. The van der Waals surface area contributed by atoms with Gasteiger partial charge in [0.2, 0.25) is 0 Å². The minimum absolute atomic E-state index is 0.216. The first-order valence-electron chi connectivity index (χ1n) is 6.27. The van der Waals surface area contributed by atoms with Crippen LogP contribution in [0.15, 0.2) is 42.5 Å². The molecule has 2 N–H and O–H groups in total. The lowest BCUT2D eigenvalue weighted by Gasteiger charge is -2.11. The summed E-state index contributed by atoms with van der Waals surface area (Å²) < 4.78 is 13.4. The van der Waals surface area contributed by atoms with Gasteiger partial charge in [0.05, 0.1) is 5.69 Å². The van der Waals surface area contributed by atoms with E-state index in [1.807, 2.05) is 18.2 Å². The maximum atomic E-state index is 13.4. The molecular weight excluding hydrogens is 225 g/mol. The van der Waals surface area contributed by atoms with Crippen LogP contribution in [0.3, 0.4) is 0 Å². The lowest BCUT2D eigenvalue weighted by atomic mass is 9.95. The van der Waals surface area contributed by atoms with Crippen LogP contribution < -0.4 is 5.73 Å². The van der Waals surface area contributed by atoms with Crippen molar-refractivity contribution in [2.45, 2.75) is 26.2 Å².